The first-order valence-corrected chi connectivity index (χ1v) is 6.10. The Kier molecular flexibility index (Phi) is 9.09. The van der Waals surface area contributed by atoms with Gasteiger partial charge in [0.05, 0.1) is 12.0 Å². The van der Waals surface area contributed by atoms with Gasteiger partial charge in [0.1, 0.15) is 0 Å². The summed E-state index contributed by atoms with van der Waals surface area (Å²) in [7, 11) is 0. The molecule has 0 aliphatic heterocycles. The van der Waals surface area contributed by atoms with Crippen LogP contribution < -0.4 is 0 Å². The number of aliphatic hydroxyl groups excluding tert-OH is 1. The molecule has 0 saturated heterocycles. The van der Waals surface area contributed by atoms with E-state index in [1.165, 1.54) is 4.90 Å². The lowest BCUT2D eigenvalue weighted by Gasteiger charge is -2.04. The summed E-state index contributed by atoms with van der Waals surface area (Å²) in [6.07, 6.45) is 0. The Morgan fingerprint density at radius 2 is 1.94 bits per heavy atom. The molecule has 90 valence electrons. The molecule has 1 aromatic rings. The number of rotatable bonds is 4. The van der Waals surface area contributed by atoms with Crippen molar-refractivity contribution in [1.29, 1.82) is 0 Å². The van der Waals surface area contributed by atoms with Crippen LogP contribution in [0.5, 0.6) is 0 Å². The van der Waals surface area contributed by atoms with Gasteiger partial charge in [-0.15, -0.1) is 23.4 Å². The van der Waals surface area contributed by atoms with E-state index in [0.29, 0.717) is 0 Å². The van der Waals surface area contributed by atoms with E-state index in [1.807, 2.05) is 30.3 Å². The number of alkyl halides is 1. The summed E-state index contributed by atoms with van der Waals surface area (Å²) in [5.41, 5.74) is 0. The number of benzene rings is 1. The molecule has 0 saturated carbocycles. The van der Waals surface area contributed by atoms with E-state index >= 15 is 0 Å². The summed E-state index contributed by atoms with van der Waals surface area (Å²) in [4.78, 5) is 10.2. The predicted molar refractivity (Wildman–Crippen MR) is 67.2 cm³/mol. The van der Waals surface area contributed by atoms with Crippen molar-refractivity contribution in [3.8, 4) is 0 Å². The molecule has 2 N–H and O–H groups in total. The maximum atomic E-state index is 9.00. The topological polar surface area (TPSA) is 57.5 Å². The van der Waals surface area contributed by atoms with E-state index < -0.39 is 5.97 Å². The minimum atomic E-state index is -0.833. The number of aliphatic hydroxyl groups is 1. The molecule has 0 aromatic heterocycles. The van der Waals surface area contributed by atoms with Gasteiger partial charge in [-0.1, -0.05) is 18.2 Å². The number of halogens is 1. The van der Waals surface area contributed by atoms with Crippen LogP contribution in [0.4, 0.5) is 0 Å². The summed E-state index contributed by atoms with van der Waals surface area (Å²) in [6, 6.07) is 10.0. The average molecular weight is 263 g/mol. The number of carboxylic acid groups (broad SMARTS) is 1. The monoisotopic (exact) mass is 262 g/mol. The lowest BCUT2D eigenvalue weighted by Crippen LogP contribution is -2.06. The van der Waals surface area contributed by atoms with E-state index in [4.69, 9.17) is 26.6 Å². The van der Waals surface area contributed by atoms with Crippen molar-refractivity contribution in [2.24, 2.45) is 0 Å². The van der Waals surface area contributed by atoms with Crippen LogP contribution >= 0.6 is 23.4 Å². The fourth-order valence-corrected chi connectivity index (χ4v) is 1.77. The number of aliphatic carboxylic acids is 1. The zero-order chi connectivity index (χ0) is 12.4. The van der Waals surface area contributed by atoms with Crippen molar-refractivity contribution in [2.75, 3.05) is 12.4 Å². The van der Waals surface area contributed by atoms with Gasteiger partial charge in [-0.25, -0.2) is 0 Å². The lowest BCUT2D eigenvalue weighted by molar-refractivity contribution is -0.134. The van der Waals surface area contributed by atoms with E-state index in [9.17, 15) is 0 Å². The normalized spacial score (nSPS) is 11.2. The highest BCUT2D eigenvalue weighted by Gasteiger charge is 2.02. The van der Waals surface area contributed by atoms with Gasteiger partial charge >= 0.3 is 0 Å². The number of carboxylic acids is 1. The molecule has 1 unspecified atom stereocenters. The molecule has 0 aliphatic rings. The minimum absolute atomic E-state index is 0.0430. The zero-order valence-corrected chi connectivity index (χ0v) is 10.5. The molecule has 0 radical (unpaired) electrons. The van der Waals surface area contributed by atoms with Crippen LogP contribution in [0.1, 0.15) is 6.92 Å². The third-order valence-corrected chi connectivity index (χ3v) is 3.02. The van der Waals surface area contributed by atoms with Crippen LogP contribution in [0.15, 0.2) is 35.2 Å². The van der Waals surface area contributed by atoms with E-state index in [-0.39, 0.29) is 12.0 Å². The van der Waals surface area contributed by atoms with Crippen LogP contribution in [0.3, 0.4) is 0 Å². The first-order chi connectivity index (χ1) is 7.56. The van der Waals surface area contributed by atoms with Gasteiger partial charge in [-0.05, 0) is 12.1 Å². The molecule has 16 heavy (non-hydrogen) atoms. The molecular weight excluding hydrogens is 248 g/mol. The molecular formula is C11H15ClO3S. The Balaban J connectivity index is 0.000000487. The minimum Gasteiger partial charge on any atom is -0.481 e. The van der Waals surface area contributed by atoms with E-state index in [2.05, 4.69) is 0 Å². The Morgan fingerprint density at radius 1 is 1.44 bits per heavy atom. The van der Waals surface area contributed by atoms with Crippen molar-refractivity contribution in [1.82, 2.24) is 0 Å². The van der Waals surface area contributed by atoms with Crippen LogP contribution in [0.25, 0.3) is 0 Å². The molecule has 1 rings (SSSR count). The van der Waals surface area contributed by atoms with Crippen LogP contribution in [-0.4, -0.2) is 33.9 Å². The number of hydrogen-bond acceptors (Lipinski definition) is 3. The van der Waals surface area contributed by atoms with Crippen LogP contribution in [-0.2, 0) is 4.79 Å². The van der Waals surface area contributed by atoms with Crippen molar-refractivity contribution in [3.63, 3.8) is 0 Å². The third kappa shape index (κ3) is 9.83. The zero-order valence-electron chi connectivity index (χ0n) is 8.97. The highest BCUT2D eigenvalue weighted by atomic mass is 35.5. The van der Waals surface area contributed by atoms with Crippen LogP contribution in [0, 0.1) is 0 Å². The first kappa shape index (κ1) is 15.3. The first-order valence-electron chi connectivity index (χ1n) is 4.68. The molecule has 0 fully saturated rings. The summed E-state index contributed by atoms with van der Waals surface area (Å²) >= 11 is 7.41. The third-order valence-electron chi connectivity index (χ3n) is 1.37. The molecule has 1 atom stereocenters. The fraction of sp³-hybridized carbons (Fsp3) is 0.364. The molecule has 5 heteroatoms. The van der Waals surface area contributed by atoms with Gasteiger partial charge in [-0.3, -0.25) is 4.79 Å². The fourth-order valence-electron chi connectivity index (χ4n) is 0.756. The van der Waals surface area contributed by atoms with Gasteiger partial charge in [0.2, 0.25) is 0 Å². The lowest BCUT2D eigenvalue weighted by atomic mass is 10.4. The van der Waals surface area contributed by atoms with E-state index in [1.54, 1.807) is 11.8 Å². The Morgan fingerprint density at radius 3 is 2.38 bits per heavy atom. The number of carbonyl (C=O) groups is 1. The molecule has 0 heterocycles. The standard InChI is InChI=1S/C9H11ClOS.C2H4O2/c10-8(6-11)7-12-9-4-2-1-3-5-9;1-2(3)4/h1-5,8,11H,6-7H2;1H3,(H,3,4). The summed E-state index contributed by atoms with van der Waals surface area (Å²) < 4.78 is 0. The van der Waals surface area contributed by atoms with Crippen molar-refractivity contribution >= 4 is 29.3 Å². The Labute approximate surface area is 104 Å². The van der Waals surface area contributed by atoms with Gasteiger partial charge < -0.3 is 10.2 Å². The second-order valence-corrected chi connectivity index (χ2v) is 4.63. The predicted octanol–water partition coefficient (Wildman–Crippen LogP) is 2.47. The van der Waals surface area contributed by atoms with Crippen molar-refractivity contribution < 1.29 is 15.0 Å². The Bertz CT molecular complexity index is 289. The Hall–Kier alpha value is -0.710. The maximum absolute atomic E-state index is 9.00. The molecule has 0 bridgehead atoms. The second kappa shape index (κ2) is 9.51. The molecule has 0 aliphatic carbocycles. The number of thioether (sulfide) groups is 1. The second-order valence-electron chi connectivity index (χ2n) is 2.92. The maximum Gasteiger partial charge on any atom is 0.300 e. The largest absolute Gasteiger partial charge is 0.481 e. The van der Waals surface area contributed by atoms with E-state index in [0.717, 1.165) is 12.7 Å². The average Bonchev–Trinajstić information content (AvgIpc) is 2.26. The van der Waals surface area contributed by atoms with Gasteiger partial charge in [0.25, 0.3) is 5.97 Å². The van der Waals surface area contributed by atoms with Gasteiger partial charge in [0.15, 0.2) is 0 Å². The quantitative estimate of drug-likeness (QED) is 0.647. The smallest absolute Gasteiger partial charge is 0.300 e. The van der Waals surface area contributed by atoms with Gasteiger partial charge in [-0.2, -0.15) is 0 Å². The highest BCUT2D eigenvalue weighted by molar-refractivity contribution is 7.99. The summed E-state index contributed by atoms with van der Waals surface area (Å²) in [5.74, 6) is -0.0813. The van der Waals surface area contributed by atoms with Crippen LogP contribution in [0.2, 0.25) is 0 Å². The SMILES string of the molecule is CC(=O)O.OCC(Cl)CSc1ccccc1. The van der Waals surface area contributed by atoms with Crippen molar-refractivity contribution in [2.45, 2.75) is 17.2 Å². The molecule has 1 aromatic carbocycles. The number of hydrogen-bond donors (Lipinski definition) is 2. The van der Waals surface area contributed by atoms with Crippen molar-refractivity contribution in [3.05, 3.63) is 30.3 Å². The summed E-state index contributed by atoms with van der Waals surface area (Å²) in [6.45, 7) is 1.13. The highest BCUT2D eigenvalue weighted by Crippen LogP contribution is 2.19. The molecule has 3 nitrogen and oxygen atoms in total. The summed E-state index contributed by atoms with van der Waals surface area (Å²) in [5, 5.41) is 15.9. The van der Waals surface area contributed by atoms with Gasteiger partial charge in [0, 0.05) is 17.6 Å². The molecule has 0 amide bonds. The molecule has 0 spiro atoms.